The van der Waals surface area contributed by atoms with Crippen LogP contribution in [0.25, 0.3) is 0 Å². The number of carbonyl (C=O) groups is 3. The molecule has 11 heteroatoms. The number of ether oxygens (including phenoxy) is 3. The zero-order valence-electron chi connectivity index (χ0n) is 21.1. The number of hydrogen-bond donors (Lipinski definition) is 1. The van der Waals surface area contributed by atoms with Crippen LogP contribution in [0.15, 0.2) is 40.8 Å². The van der Waals surface area contributed by atoms with E-state index in [1.807, 2.05) is 36.6 Å². The van der Waals surface area contributed by atoms with Gasteiger partial charge < -0.3 is 19.5 Å². The lowest BCUT2D eigenvalue weighted by atomic mass is 10.0. The Morgan fingerprint density at radius 2 is 1.89 bits per heavy atom. The molecule has 2 aromatic heterocycles. The second-order valence-electron chi connectivity index (χ2n) is 8.34. The molecule has 3 heterocycles. The summed E-state index contributed by atoms with van der Waals surface area (Å²) in [6, 6.07) is 8.93. The van der Waals surface area contributed by atoms with Crippen molar-refractivity contribution >= 4 is 51.2 Å². The van der Waals surface area contributed by atoms with Gasteiger partial charge in [0, 0.05) is 18.2 Å². The summed E-state index contributed by atoms with van der Waals surface area (Å²) in [6.07, 6.45) is 0.491. The van der Waals surface area contributed by atoms with E-state index in [2.05, 4.69) is 10.4 Å². The first-order valence-corrected chi connectivity index (χ1v) is 13.1. The normalized spacial score (nSPS) is 14.8. The Hall–Kier alpha value is -3.70. The van der Waals surface area contributed by atoms with Crippen LogP contribution in [0, 0.1) is 13.8 Å². The highest BCUT2D eigenvalue weighted by Gasteiger charge is 2.35. The topological polar surface area (TPSA) is 107 Å². The molecule has 2 amide bonds. The second kappa shape index (κ2) is 11.1. The molecule has 37 heavy (non-hydrogen) atoms. The standard InChI is InChI=1S/C26H27N3O6S2/c1-14-15(2)37-25(27-16(3)30)24(14)26(32)35-13-23(31)29-19(12-18(28-29)22-7-6-10-36-22)17-8-9-20(33-4)21(11-17)34-5/h6-11,19H,12-13H2,1-5H3,(H,27,30). The van der Waals surface area contributed by atoms with Gasteiger partial charge in [0.2, 0.25) is 5.91 Å². The Labute approximate surface area is 222 Å². The molecule has 0 bridgehead atoms. The van der Waals surface area contributed by atoms with Crippen LogP contribution in [0.4, 0.5) is 5.00 Å². The van der Waals surface area contributed by atoms with Gasteiger partial charge in [-0.2, -0.15) is 5.10 Å². The summed E-state index contributed by atoms with van der Waals surface area (Å²) in [5.74, 6) is -0.325. The Kier molecular flexibility index (Phi) is 7.94. The lowest BCUT2D eigenvalue weighted by molar-refractivity contribution is -0.136. The lowest BCUT2D eigenvalue weighted by Crippen LogP contribution is -2.31. The first-order chi connectivity index (χ1) is 17.7. The zero-order chi connectivity index (χ0) is 26.7. The minimum Gasteiger partial charge on any atom is -0.493 e. The number of esters is 1. The average Bonchev–Trinajstić information content (AvgIpc) is 3.61. The molecule has 1 aliphatic heterocycles. The number of nitrogens with zero attached hydrogens (tertiary/aromatic N) is 2. The molecule has 1 aromatic carbocycles. The van der Waals surface area contributed by atoms with E-state index in [1.165, 1.54) is 34.6 Å². The van der Waals surface area contributed by atoms with Gasteiger partial charge in [-0.05, 0) is 48.6 Å². The Morgan fingerprint density at radius 3 is 2.54 bits per heavy atom. The number of amides is 2. The molecule has 194 valence electrons. The van der Waals surface area contributed by atoms with Gasteiger partial charge in [-0.1, -0.05) is 12.1 Å². The van der Waals surface area contributed by atoms with E-state index in [0.29, 0.717) is 28.5 Å². The molecule has 1 N–H and O–H groups in total. The third-order valence-corrected chi connectivity index (χ3v) is 8.01. The van der Waals surface area contributed by atoms with Crippen LogP contribution >= 0.6 is 22.7 Å². The van der Waals surface area contributed by atoms with Crippen LogP contribution in [0.5, 0.6) is 11.5 Å². The number of benzene rings is 1. The van der Waals surface area contributed by atoms with Crippen molar-refractivity contribution in [1.82, 2.24) is 5.01 Å². The van der Waals surface area contributed by atoms with Crippen molar-refractivity contribution < 1.29 is 28.6 Å². The number of hydrazone groups is 1. The van der Waals surface area contributed by atoms with Gasteiger partial charge in [-0.15, -0.1) is 22.7 Å². The monoisotopic (exact) mass is 541 g/mol. The summed E-state index contributed by atoms with van der Waals surface area (Å²) in [5.41, 5.74) is 2.54. The van der Waals surface area contributed by atoms with Crippen molar-refractivity contribution in [3.05, 3.63) is 62.2 Å². The number of hydrogen-bond acceptors (Lipinski definition) is 9. The summed E-state index contributed by atoms with van der Waals surface area (Å²) in [5, 5.41) is 11.0. The smallest absolute Gasteiger partial charge is 0.341 e. The molecule has 4 rings (SSSR count). The summed E-state index contributed by atoms with van der Waals surface area (Å²) in [6.45, 7) is 4.50. The molecule has 0 saturated heterocycles. The fourth-order valence-corrected chi connectivity index (χ4v) is 5.85. The summed E-state index contributed by atoms with van der Waals surface area (Å²) < 4.78 is 16.2. The maximum absolute atomic E-state index is 13.3. The Morgan fingerprint density at radius 1 is 1.14 bits per heavy atom. The fourth-order valence-electron chi connectivity index (χ4n) is 4.04. The predicted octanol–water partition coefficient (Wildman–Crippen LogP) is 4.94. The third-order valence-electron chi connectivity index (χ3n) is 5.97. The highest BCUT2D eigenvalue weighted by Crippen LogP contribution is 2.38. The Balaban J connectivity index is 1.57. The van der Waals surface area contributed by atoms with Crippen molar-refractivity contribution in [2.45, 2.75) is 33.2 Å². The molecular formula is C26H27N3O6S2. The van der Waals surface area contributed by atoms with Crippen molar-refractivity contribution in [2.75, 3.05) is 26.1 Å². The largest absolute Gasteiger partial charge is 0.493 e. The average molecular weight is 542 g/mol. The van der Waals surface area contributed by atoms with E-state index in [9.17, 15) is 14.4 Å². The van der Waals surface area contributed by atoms with Gasteiger partial charge in [0.05, 0.1) is 36.4 Å². The van der Waals surface area contributed by atoms with Crippen LogP contribution in [-0.2, 0) is 14.3 Å². The molecule has 3 aromatic rings. The summed E-state index contributed by atoms with van der Waals surface area (Å²) in [4.78, 5) is 39.7. The maximum Gasteiger partial charge on any atom is 0.341 e. The number of anilines is 1. The number of rotatable bonds is 8. The van der Waals surface area contributed by atoms with Crippen LogP contribution in [-0.4, -0.2) is 49.3 Å². The first kappa shape index (κ1) is 26.4. The van der Waals surface area contributed by atoms with Gasteiger partial charge in [-0.25, -0.2) is 9.80 Å². The molecule has 1 aliphatic rings. The lowest BCUT2D eigenvalue weighted by Gasteiger charge is -2.23. The number of carbonyl (C=O) groups excluding carboxylic acids is 3. The summed E-state index contributed by atoms with van der Waals surface area (Å²) >= 11 is 2.83. The van der Waals surface area contributed by atoms with E-state index < -0.39 is 24.5 Å². The SMILES string of the molecule is COc1ccc(C2CC(c3cccs3)=NN2C(=O)COC(=O)c2c(NC(C)=O)sc(C)c2C)cc1OC. The summed E-state index contributed by atoms with van der Waals surface area (Å²) in [7, 11) is 3.11. The van der Waals surface area contributed by atoms with E-state index in [4.69, 9.17) is 14.2 Å². The highest BCUT2D eigenvalue weighted by atomic mass is 32.1. The Bertz CT molecular complexity index is 1360. The molecule has 0 spiro atoms. The number of methoxy groups -OCH3 is 2. The number of nitrogens with one attached hydrogen (secondary N) is 1. The van der Waals surface area contributed by atoms with E-state index in [0.717, 1.165) is 21.0 Å². The van der Waals surface area contributed by atoms with E-state index in [-0.39, 0.29) is 11.5 Å². The molecule has 1 atom stereocenters. The van der Waals surface area contributed by atoms with Gasteiger partial charge in [0.1, 0.15) is 5.00 Å². The minimum atomic E-state index is -0.678. The van der Waals surface area contributed by atoms with Gasteiger partial charge in [0.25, 0.3) is 5.91 Å². The quantitative estimate of drug-likeness (QED) is 0.405. The van der Waals surface area contributed by atoms with Crippen molar-refractivity contribution in [3.8, 4) is 11.5 Å². The molecule has 9 nitrogen and oxygen atoms in total. The van der Waals surface area contributed by atoms with Crippen molar-refractivity contribution in [3.63, 3.8) is 0 Å². The van der Waals surface area contributed by atoms with Gasteiger partial charge >= 0.3 is 5.97 Å². The maximum atomic E-state index is 13.3. The molecule has 0 radical (unpaired) electrons. The molecule has 0 saturated carbocycles. The third kappa shape index (κ3) is 5.52. The van der Waals surface area contributed by atoms with Crippen LogP contribution in [0.3, 0.4) is 0 Å². The van der Waals surface area contributed by atoms with Crippen LogP contribution < -0.4 is 14.8 Å². The molecule has 0 aliphatic carbocycles. The van der Waals surface area contributed by atoms with Gasteiger partial charge in [0.15, 0.2) is 18.1 Å². The molecule has 1 unspecified atom stereocenters. The van der Waals surface area contributed by atoms with Gasteiger partial charge in [-0.3, -0.25) is 9.59 Å². The number of aryl methyl sites for hydroxylation is 1. The number of thiophene rings is 2. The van der Waals surface area contributed by atoms with Crippen LogP contribution in [0.2, 0.25) is 0 Å². The van der Waals surface area contributed by atoms with E-state index in [1.54, 1.807) is 27.2 Å². The second-order valence-corrected chi connectivity index (χ2v) is 10.5. The molecule has 0 fully saturated rings. The zero-order valence-corrected chi connectivity index (χ0v) is 22.7. The van der Waals surface area contributed by atoms with Crippen molar-refractivity contribution in [2.24, 2.45) is 5.10 Å². The highest BCUT2D eigenvalue weighted by molar-refractivity contribution is 7.16. The first-order valence-electron chi connectivity index (χ1n) is 11.4. The fraction of sp³-hybridized carbons (Fsp3) is 0.308. The van der Waals surface area contributed by atoms with E-state index >= 15 is 0 Å². The minimum absolute atomic E-state index is 0.256. The predicted molar refractivity (Wildman–Crippen MR) is 143 cm³/mol. The van der Waals surface area contributed by atoms with Crippen LogP contribution in [0.1, 0.15) is 50.6 Å². The van der Waals surface area contributed by atoms with Crippen molar-refractivity contribution in [1.29, 1.82) is 0 Å². The molecular weight excluding hydrogens is 514 g/mol.